The molecule has 0 bridgehead atoms. The minimum absolute atomic E-state index is 0.0157. The third-order valence-corrected chi connectivity index (χ3v) is 7.57. The van der Waals surface area contributed by atoms with Crippen molar-refractivity contribution >= 4 is 17.5 Å². The van der Waals surface area contributed by atoms with Gasteiger partial charge in [-0.05, 0) is 50.8 Å². The van der Waals surface area contributed by atoms with Gasteiger partial charge in [0.2, 0.25) is 5.82 Å². The molecule has 212 valence electrons. The quantitative estimate of drug-likeness (QED) is 0.457. The number of ether oxygens (including phenoxy) is 2. The van der Waals surface area contributed by atoms with Crippen molar-refractivity contribution in [3.63, 3.8) is 0 Å². The van der Waals surface area contributed by atoms with E-state index in [0.717, 1.165) is 25.1 Å². The number of nitrogens with one attached hydrogen (secondary N) is 1. The Morgan fingerprint density at radius 2 is 1.85 bits per heavy atom. The molecule has 0 radical (unpaired) electrons. The van der Waals surface area contributed by atoms with Crippen molar-refractivity contribution in [2.45, 2.75) is 75.5 Å². The number of pyridine rings is 1. The van der Waals surface area contributed by atoms with Gasteiger partial charge in [0.25, 0.3) is 11.8 Å². The average molecular weight is 558 g/mol. The van der Waals surface area contributed by atoms with Gasteiger partial charge in [-0.3, -0.25) is 14.6 Å². The summed E-state index contributed by atoms with van der Waals surface area (Å²) in [5, 5.41) is 12.2. The second kappa shape index (κ2) is 10.7. The number of carbonyl (C=O) groups excluding carboxylic acids is 2. The number of nitrogens with zero attached hydrogens (tertiary/aromatic N) is 1. The summed E-state index contributed by atoms with van der Waals surface area (Å²) in [6, 6.07) is 4.29. The van der Waals surface area contributed by atoms with Crippen LogP contribution in [0.4, 0.5) is 27.6 Å². The molecule has 2 amide bonds. The predicted octanol–water partition coefficient (Wildman–Crippen LogP) is 4.22. The number of benzene rings is 1. The molecule has 4 N–H and O–H groups in total. The van der Waals surface area contributed by atoms with Crippen LogP contribution >= 0.6 is 0 Å². The van der Waals surface area contributed by atoms with Gasteiger partial charge in [0.05, 0.1) is 12.2 Å². The van der Waals surface area contributed by atoms with E-state index in [9.17, 15) is 32.3 Å². The Morgan fingerprint density at radius 3 is 2.46 bits per heavy atom. The molecule has 0 spiro atoms. The number of anilines is 1. The van der Waals surface area contributed by atoms with Gasteiger partial charge in [0.1, 0.15) is 11.8 Å². The molecular formula is C26H28F5N3O5. The van der Waals surface area contributed by atoms with Crippen LogP contribution in [0.15, 0.2) is 30.5 Å². The lowest BCUT2D eigenvalue weighted by atomic mass is 9.76. The summed E-state index contributed by atoms with van der Waals surface area (Å²) in [6.07, 6.45) is -5.38. The normalized spacial score (nSPS) is 29.2. The fourth-order valence-electron chi connectivity index (χ4n) is 5.14. The largest absolute Gasteiger partial charge is 0.487 e. The van der Waals surface area contributed by atoms with Gasteiger partial charge < -0.3 is 25.6 Å². The molecule has 0 unspecified atom stereocenters. The molecule has 1 aliphatic carbocycles. The van der Waals surface area contributed by atoms with Crippen molar-refractivity contribution in [2.75, 3.05) is 5.32 Å². The van der Waals surface area contributed by atoms with Crippen LogP contribution in [0.2, 0.25) is 0 Å². The van der Waals surface area contributed by atoms with Crippen molar-refractivity contribution in [3.05, 3.63) is 53.4 Å². The van der Waals surface area contributed by atoms with Crippen molar-refractivity contribution in [1.82, 2.24) is 4.98 Å². The molecular weight excluding hydrogens is 529 g/mol. The first kappa shape index (κ1) is 28.7. The van der Waals surface area contributed by atoms with E-state index in [2.05, 4.69) is 10.3 Å². The van der Waals surface area contributed by atoms with Crippen molar-refractivity contribution < 1.29 is 46.1 Å². The second-order valence-corrected chi connectivity index (χ2v) is 10.1. The Bertz CT molecular complexity index is 1250. The van der Waals surface area contributed by atoms with E-state index in [1.807, 2.05) is 0 Å². The van der Waals surface area contributed by atoms with E-state index < -0.39 is 71.1 Å². The van der Waals surface area contributed by atoms with Gasteiger partial charge in [0.15, 0.2) is 17.2 Å². The highest BCUT2D eigenvalue weighted by Gasteiger charge is 2.66. The molecule has 1 saturated carbocycles. The lowest BCUT2D eigenvalue weighted by molar-refractivity contribution is -0.272. The van der Waals surface area contributed by atoms with E-state index >= 15 is 4.39 Å². The molecule has 8 nitrogen and oxygen atoms in total. The molecule has 2 aliphatic rings. The zero-order chi connectivity index (χ0) is 28.7. The summed E-state index contributed by atoms with van der Waals surface area (Å²) in [4.78, 5) is 28.6. The Kier molecular flexibility index (Phi) is 7.86. The molecule has 1 aromatic carbocycles. The molecule has 1 saturated heterocycles. The number of nitrogens with two attached hydrogens (primary N) is 1. The molecule has 4 rings (SSSR count). The van der Waals surface area contributed by atoms with Crippen molar-refractivity contribution in [3.8, 4) is 5.75 Å². The smallest absolute Gasteiger partial charge is 0.417 e. The Labute approximate surface area is 220 Å². The number of amides is 2. The highest BCUT2D eigenvalue weighted by Crippen LogP contribution is 2.55. The van der Waals surface area contributed by atoms with Crippen LogP contribution in [0, 0.1) is 17.6 Å². The summed E-state index contributed by atoms with van der Waals surface area (Å²) < 4.78 is 83.3. The molecule has 1 aromatic heterocycles. The van der Waals surface area contributed by atoms with Crippen LogP contribution in [0.3, 0.4) is 0 Å². The molecule has 2 aromatic rings. The lowest BCUT2D eigenvalue weighted by Crippen LogP contribution is -2.47. The highest BCUT2D eigenvalue weighted by atomic mass is 19.4. The Balaban J connectivity index is 1.75. The molecule has 39 heavy (non-hydrogen) atoms. The maximum atomic E-state index is 15.1. The van der Waals surface area contributed by atoms with Gasteiger partial charge in [-0.1, -0.05) is 13.0 Å². The molecule has 4 atom stereocenters. The molecule has 2 heterocycles. The number of aromatic nitrogens is 1. The minimum Gasteiger partial charge on any atom is -0.487 e. The van der Waals surface area contributed by atoms with Gasteiger partial charge in [-0.25, -0.2) is 4.39 Å². The maximum Gasteiger partial charge on any atom is 0.417 e. The number of hydrogen-bond donors (Lipinski definition) is 3. The Morgan fingerprint density at radius 1 is 1.18 bits per heavy atom. The number of carbonyl (C=O) groups is 2. The first-order chi connectivity index (χ1) is 18.2. The fourth-order valence-corrected chi connectivity index (χ4v) is 5.14. The highest BCUT2D eigenvalue weighted by molar-refractivity contribution is 5.97. The third kappa shape index (κ3) is 5.55. The summed E-state index contributed by atoms with van der Waals surface area (Å²) in [5.41, 5.74) is 2.04. The van der Waals surface area contributed by atoms with Gasteiger partial charge in [-0.15, -0.1) is 0 Å². The number of aliphatic hydroxyl groups excluding tert-OH is 1. The molecule has 13 heteroatoms. The third-order valence-electron chi connectivity index (χ3n) is 7.57. The first-order valence-corrected chi connectivity index (χ1v) is 12.4. The standard InChI is InChI=1S/C26H28F5N3O5/c1-12-19(16-7-8-17(27)20(28)21(16)38-15-5-3-14(35)4-6-15)22(39-25(12,2)26(29,30)31)24(37)34-13-9-10-33-18(11-13)23(32)36/h7-12,14-15,19,22,35H,3-6H2,1-2H3,(H2,32,36)(H,33,34,37)/t12-,14-,15-,19-,22+,25+/m0/s1. The van der Waals surface area contributed by atoms with E-state index in [0.29, 0.717) is 25.7 Å². The lowest BCUT2D eigenvalue weighted by Gasteiger charge is -2.32. The SMILES string of the molecule is C[C@H]1[C@@H](c2ccc(F)c(F)c2O[C@H]2CC[C@H](O)CC2)[C@H](C(=O)Nc2ccnc(C(N)=O)c2)O[C@@]1(C)C(F)(F)F. The van der Waals surface area contributed by atoms with Crippen LogP contribution in [-0.2, 0) is 9.53 Å². The number of alkyl halides is 3. The monoisotopic (exact) mass is 557 g/mol. The molecule has 1 aliphatic heterocycles. The van der Waals surface area contributed by atoms with E-state index in [-0.39, 0.29) is 16.9 Å². The Hall–Kier alpha value is -3.32. The minimum atomic E-state index is -4.92. The number of hydrogen-bond acceptors (Lipinski definition) is 6. The maximum absolute atomic E-state index is 15.1. The van der Waals surface area contributed by atoms with Gasteiger partial charge in [0, 0.05) is 29.3 Å². The number of rotatable bonds is 6. The summed E-state index contributed by atoms with van der Waals surface area (Å²) in [7, 11) is 0. The van der Waals surface area contributed by atoms with E-state index in [4.69, 9.17) is 15.2 Å². The summed E-state index contributed by atoms with van der Waals surface area (Å²) in [6.45, 7) is 2.00. The van der Waals surface area contributed by atoms with E-state index in [1.165, 1.54) is 19.2 Å². The van der Waals surface area contributed by atoms with Crippen LogP contribution in [0.5, 0.6) is 5.75 Å². The van der Waals surface area contributed by atoms with E-state index in [1.54, 1.807) is 0 Å². The predicted molar refractivity (Wildman–Crippen MR) is 128 cm³/mol. The van der Waals surface area contributed by atoms with Crippen molar-refractivity contribution in [1.29, 1.82) is 0 Å². The van der Waals surface area contributed by atoms with Crippen LogP contribution in [0.1, 0.15) is 61.5 Å². The topological polar surface area (TPSA) is 124 Å². The number of aliphatic hydroxyl groups is 1. The van der Waals surface area contributed by atoms with Crippen LogP contribution in [0.25, 0.3) is 0 Å². The average Bonchev–Trinajstić information content (AvgIpc) is 3.15. The van der Waals surface area contributed by atoms with Crippen LogP contribution in [-0.4, -0.2) is 52.0 Å². The van der Waals surface area contributed by atoms with Crippen LogP contribution < -0.4 is 15.8 Å². The second-order valence-electron chi connectivity index (χ2n) is 10.1. The van der Waals surface area contributed by atoms with Gasteiger partial charge >= 0.3 is 6.18 Å². The first-order valence-electron chi connectivity index (χ1n) is 12.4. The number of primary amides is 1. The van der Waals surface area contributed by atoms with Crippen molar-refractivity contribution in [2.24, 2.45) is 11.7 Å². The summed E-state index contributed by atoms with van der Waals surface area (Å²) >= 11 is 0. The molecule has 2 fully saturated rings. The zero-order valence-electron chi connectivity index (χ0n) is 21.1. The summed E-state index contributed by atoms with van der Waals surface area (Å²) in [5.74, 6) is -8.02. The fraction of sp³-hybridized carbons (Fsp3) is 0.500. The zero-order valence-corrected chi connectivity index (χ0v) is 21.1. The number of halogens is 5. The van der Waals surface area contributed by atoms with Gasteiger partial charge in [-0.2, -0.15) is 17.6 Å².